The molecule has 150 valence electrons. The SMILES string of the molecule is COc1ccccc1OCc1c(C(=O)Nc2ccc(C)cc2[N+](=O)[O-])noc1C. The molecule has 3 rings (SSSR count). The number of ether oxygens (including phenoxy) is 2. The molecule has 0 atom stereocenters. The number of nitrogens with one attached hydrogen (secondary N) is 1. The van der Waals surface area contributed by atoms with Crippen molar-refractivity contribution in [3.63, 3.8) is 0 Å². The first kappa shape index (κ1) is 19.9. The standard InChI is InChI=1S/C20H19N3O6/c1-12-8-9-15(16(10-12)23(25)26)21-20(24)19-14(13(2)29-22-19)11-28-18-7-5-4-6-17(18)27-3/h4-10H,11H2,1-3H3,(H,21,24). The van der Waals surface area contributed by atoms with Gasteiger partial charge in [0.25, 0.3) is 11.6 Å². The topological polar surface area (TPSA) is 117 Å². The molecule has 29 heavy (non-hydrogen) atoms. The normalized spacial score (nSPS) is 10.4. The fourth-order valence-corrected chi connectivity index (χ4v) is 2.71. The minimum absolute atomic E-state index is 0.00716. The maximum Gasteiger partial charge on any atom is 0.293 e. The Morgan fingerprint density at radius 3 is 2.62 bits per heavy atom. The number of carbonyl (C=O) groups excluding carboxylic acids is 1. The summed E-state index contributed by atoms with van der Waals surface area (Å²) in [6.45, 7) is 3.39. The van der Waals surface area contributed by atoms with Crippen molar-refractivity contribution in [2.75, 3.05) is 12.4 Å². The molecular weight excluding hydrogens is 378 g/mol. The highest BCUT2D eigenvalue weighted by Crippen LogP contribution is 2.29. The van der Waals surface area contributed by atoms with E-state index in [0.717, 1.165) is 0 Å². The Morgan fingerprint density at radius 2 is 1.93 bits per heavy atom. The zero-order valence-corrected chi connectivity index (χ0v) is 16.1. The van der Waals surface area contributed by atoms with Crippen LogP contribution >= 0.6 is 0 Å². The monoisotopic (exact) mass is 397 g/mol. The lowest BCUT2D eigenvalue weighted by Crippen LogP contribution is -2.16. The highest BCUT2D eigenvalue weighted by atomic mass is 16.6. The molecule has 0 aliphatic heterocycles. The van der Waals surface area contributed by atoms with Crippen molar-refractivity contribution in [1.29, 1.82) is 0 Å². The molecule has 0 radical (unpaired) electrons. The van der Waals surface area contributed by atoms with E-state index in [2.05, 4.69) is 10.5 Å². The Kier molecular flexibility index (Phi) is 5.77. The summed E-state index contributed by atoms with van der Waals surface area (Å²) in [6.07, 6.45) is 0. The second-order valence-corrected chi connectivity index (χ2v) is 6.24. The predicted molar refractivity (Wildman–Crippen MR) is 104 cm³/mol. The first-order valence-corrected chi connectivity index (χ1v) is 8.68. The van der Waals surface area contributed by atoms with Crippen LogP contribution in [0.2, 0.25) is 0 Å². The van der Waals surface area contributed by atoms with Crippen LogP contribution in [0.25, 0.3) is 0 Å². The lowest BCUT2D eigenvalue weighted by atomic mass is 10.1. The number of methoxy groups -OCH3 is 1. The van der Waals surface area contributed by atoms with Crippen LogP contribution < -0.4 is 14.8 Å². The van der Waals surface area contributed by atoms with Crippen LogP contribution in [0.3, 0.4) is 0 Å². The molecule has 1 heterocycles. The number of nitro benzene ring substituents is 1. The molecule has 0 fully saturated rings. The van der Waals surface area contributed by atoms with Crippen molar-refractivity contribution < 1.29 is 23.7 Å². The molecule has 1 amide bonds. The smallest absolute Gasteiger partial charge is 0.293 e. The van der Waals surface area contributed by atoms with Gasteiger partial charge in [0, 0.05) is 6.07 Å². The highest BCUT2D eigenvalue weighted by molar-refractivity contribution is 6.05. The average molecular weight is 397 g/mol. The van der Waals surface area contributed by atoms with Crippen molar-refractivity contribution in [3.8, 4) is 11.5 Å². The van der Waals surface area contributed by atoms with E-state index in [9.17, 15) is 14.9 Å². The van der Waals surface area contributed by atoms with Gasteiger partial charge in [-0.3, -0.25) is 14.9 Å². The summed E-state index contributed by atoms with van der Waals surface area (Å²) in [5.41, 5.74) is 1.00. The molecule has 2 aromatic carbocycles. The number of amides is 1. The van der Waals surface area contributed by atoms with Crippen LogP contribution in [0.1, 0.15) is 27.4 Å². The van der Waals surface area contributed by atoms with E-state index < -0.39 is 10.8 Å². The molecule has 0 bridgehead atoms. The zero-order valence-electron chi connectivity index (χ0n) is 16.1. The molecule has 9 nitrogen and oxygen atoms in total. The van der Waals surface area contributed by atoms with Gasteiger partial charge in [0.15, 0.2) is 17.2 Å². The maximum atomic E-state index is 12.7. The first-order chi connectivity index (χ1) is 13.9. The summed E-state index contributed by atoms with van der Waals surface area (Å²) in [5.74, 6) is 0.815. The lowest BCUT2D eigenvalue weighted by molar-refractivity contribution is -0.384. The molecule has 9 heteroatoms. The third kappa shape index (κ3) is 4.34. The number of para-hydroxylation sites is 2. The molecule has 0 spiro atoms. The number of carbonyl (C=O) groups is 1. The summed E-state index contributed by atoms with van der Waals surface area (Å²) in [5, 5.41) is 17.6. The Labute approximate surface area is 166 Å². The lowest BCUT2D eigenvalue weighted by Gasteiger charge is -2.10. The van der Waals surface area contributed by atoms with E-state index in [4.69, 9.17) is 14.0 Å². The predicted octanol–water partition coefficient (Wildman–Crippen LogP) is 4.04. The molecule has 0 aliphatic rings. The molecule has 0 saturated carbocycles. The summed E-state index contributed by atoms with van der Waals surface area (Å²) in [7, 11) is 1.53. The molecule has 0 saturated heterocycles. The van der Waals surface area contributed by atoms with Gasteiger partial charge < -0.3 is 19.3 Å². The number of hydrogen-bond acceptors (Lipinski definition) is 7. The summed E-state index contributed by atoms with van der Waals surface area (Å²) in [4.78, 5) is 23.4. The van der Waals surface area contributed by atoms with E-state index in [1.165, 1.54) is 19.2 Å². The number of aromatic nitrogens is 1. The van der Waals surface area contributed by atoms with Crippen molar-refractivity contribution in [2.24, 2.45) is 0 Å². The Bertz CT molecular complexity index is 1060. The van der Waals surface area contributed by atoms with Gasteiger partial charge in [0.2, 0.25) is 0 Å². The zero-order chi connectivity index (χ0) is 21.0. The minimum atomic E-state index is -0.632. The number of aryl methyl sites for hydroxylation is 2. The number of nitro groups is 1. The van der Waals surface area contributed by atoms with E-state index in [-0.39, 0.29) is 23.7 Å². The van der Waals surface area contributed by atoms with Crippen LogP contribution in [0.4, 0.5) is 11.4 Å². The van der Waals surface area contributed by atoms with E-state index in [0.29, 0.717) is 28.4 Å². The van der Waals surface area contributed by atoms with Gasteiger partial charge in [-0.25, -0.2) is 0 Å². The number of anilines is 1. The Hall–Kier alpha value is -3.88. The molecule has 0 unspecified atom stereocenters. The van der Waals surface area contributed by atoms with Crippen LogP contribution in [0.15, 0.2) is 47.0 Å². The number of benzene rings is 2. The third-order valence-electron chi connectivity index (χ3n) is 4.24. The van der Waals surface area contributed by atoms with Gasteiger partial charge in [0.05, 0.1) is 17.6 Å². The van der Waals surface area contributed by atoms with Gasteiger partial charge in [-0.2, -0.15) is 0 Å². The van der Waals surface area contributed by atoms with Crippen LogP contribution in [-0.4, -0.2) is 23.1 Å². The minimum Gasteiger partial charge on any atom is -0.493 e. The van der Waals surface area contributed by atoms with Crippen LogP contribution in [0, 0.1) is 24.0 Å². The second-order valence-electron chi connectivity index (χ2n) is 6.24. The highest BCUT2D eigenvalue weighted by Gasteiger charge is 2.23. The Balaban J connectivity index is 1.82. The van der Waals surface area contributed by atoms with Gasteiger partial charge in [-0.15, -0.1) is 0 Å². The quantitative estimate of drug-likeness (QED) is 0.472. The van der Waals surface area contributed by atoms with Gasteiger partial charge in [0.1, 0.15) is 18.1 Å². The molecule has 0 aliphatic carbocycles. The fourth-order valence-electron chi connectivity index (χ4n) is 2.71. The Morgan fingerprint density at radius 1 is 1.21 bits per heavy atom. The largest absolute Gasteiger partial charge is 0.493 e. The number of nitrogens with zero attached hydrogens (tertiary/aromatic N) is 2. The van der Waals surface area contributed by atoms with E-state index in [1.807, 2.05) is 6.07 Å². The summed E-state index contributed by atoms with van der Waals surface area (Å²) in [6, 6.07) is 11.6. The summed E-state index contributed by atoms with van der Waals surface area (Å²) < 4.78 is 16.1. The van der Waals surface area contributed by atoms with Gasteiger partial charge >= 0.3 is 0 Å². The maximum absolute atomic E-state index is 12.7. The van der Waals surface area contributed by atoms with Crippen molar-refractivity contribution in [3.05, 3.63) is 75.2 Å². The third-order valence-corrected chi connectivity index (χ3v) is 4.24. The molecular formula is C20H19N3O6. The number of rotatable bonds is 7. The number of hydrogen-bond donors (Lipinski definition) is 1. The molecule has 1 N–H and O–H groups in total. The van der Waals surface area contributed by atoms with Crippen molar-refractivity contribution >= 4 is 17.3 Å². The van der Waals surface area contributed by atoms with Crippen molar-refractivity contribution in [2.45, 2.75) is 20.5 Å². The first-order valence-electron chi connectivity index (χ1n) is 8.68. The average Bonchev–Trinajstić information content (AvgIpc) is 3.08. The van der Waals surface area contributed by atoms with Crippen LogP contribution in [-0.2, 0) is 6.61 Å². The second kappa shape index (κ2) is 8.42. The molecule has 3 aromatic rings. The summed E-state index contributed by atoms with van der Waals surface area (Å²) >= 11 is 0. The van der Waals surface area contributed by atoms with E-state index >= 15 is 0 Å². The van der Waals surface area contributed by atoms with Gasteiger partial charge in [-0.1, -0.05) is 23.4 Å². The van der Waals surface area contributed by atoms with Crippen molar-refractivity contribution in [1.82, 2.24) is 5.16 Å². The van der Waals surface area contributed by atoms with Crippen LogP contribution in [0.5, 0.6) is 11.5 Å². The fraction of sp³-hybridized carbons (Fsp3) is 0.200. The van der Waals surface area contributed by atoms with E-state index in [1.54, 1.807) is 38.1 Å². The molecule has 1 aromatic heterocycles. The van der Waals surface area contributed by atoms with Gasteiger partial charge in [-0.05, 0) is 37.6 Å².